The average Bonchev–Trinajstić information content (AvgIpc) is 2.42. The van der Waals surface area contributed by atoms with Gasteiger partial charge >= 0.3 is 6.18 Å². The van der Waals surface area contributed by atoms with Gasteiger partial charge < -0.3 is 4.90 Å². The second-order valence-electron chi connectivity index (χ2n) is 4.01. The highest BCUT2D eigenvalue weighted by molar-refractivity contribution is 5.87. The third-order valence-corrected chi connectivity index (χ3v) is 2.55. The Morgan fingerprint density at radius 2 is 2.20 bits per heavy atom. The van der Waals surface area contributed by atoms with Crippen LogP contribution in [0.1, 0.15) is 19.8 Å². The molecule has 2 atom stereocenters. The third kappa shape index (κ3) is 3.25. The molecule has 0 N–H and O–H groups in total. The van der Waals surface area contributed by atoms with Gasteiger partial charge in [0.15, 0.2) is 0 Å². The van der Waals surface area contributed by atoms with Gasteiger partial charge in [-0.1, -0.05) is 13.5 Å². The molecule has 0 aromatic heterocycles. The molecule has 1 amide bonds. The molecule has 1 aliphatic rings. The first-order chi connectivity index (χ1) is 6.83. The average molecular weight is 221 g/mol. The molecule has 0 aromatic rings. The Balaban J connectivity index is 2.69. The monoisotopic (exact) mass is 221 g/mol. The molecule has 0 saturated carbocycles. The van der Waals surface area contributed by atoms with Crippen LogP contribution in [0.4, 0.5) is 13.2 Å². The van der Waals surface area contributed by atoms with Crippen LogP contribution in [-0.2, 0) is 4.79 Å². The van der Waals surface area contributed by atoms with Crippen LogP contribution in [0, 0.1) is 5.92 Å². The zero-order chi connectivity index (χ0) is 11.6. The Morgan fingerprint density at radius 3 is 2.67 bits per heavy atom. The van der Waals surface area contributed by atoms with Crippen molar-refractivity contribution in [3.05, 3.63) is 12.7 Å². The van der Waals surface area contributed by atoms with E-state index in [1.54, 1.807) is 0 Å². The fraction of sp³-hybridized carbons (Fsp3) is 0.700. The first-order valence-corrected chi connectivity index (χ1v) is 4.83. The van der Waals surface area contributed by atoms with Gasteiger partial charge in [0.25, 0.3) is 0 Å². The van der Waals surface area contributed by atoms with Crippen LogP contribution in [-0.4, -0.2) is 29.6 Å². The van der Waals surface area contributed by atoms with Crippen LogP contribution < -0.4 is 0 Å². The number of rotatable bonds is 2. The van der Waals surface area contributed by atoms with Gasteiger partial charge in [-0.25, -0.2) is 0 Å². The fourth-order valence-electron chi connectivity index (χ4n) is 2.00. The van der Waals surface area contributed by atoms with Gasteiger partial charge in [-0.05, 0) is 18.4 Å². The van der Waals surface area contributed by atoms with Crippen molar-refractivity contribution >= 4 is 5.91 Å². The van der Waals surface area contributed by atoms with Crippen molar-refractivity contribution in [2.24, 2.45) is 5.92 Å². The second kappa shape index (κ2) is 4.24. The lowest BCUT2D eigenvalue weighted by Crippen LogP contribution is -2.37. The zero-order valence-electron chi connectivity index (χ0n) is 8.55. The highest BCUT2D eigenvalue weighted by Crippen LogP contribution is 2.32. The number of alkyl halides is 3. The minimum Gasteiger partial charge on any atom is -0.336 e. The van der Waals surface area contributed by atoms with Gasteiger partial charge in [-0.2, -0.15) is 13.2 Å². The molecular formula is C10H14F3NO. The Hall–Kier alpha value is -1.00. The zero-order valence-corrected chi connectivity index (χ0v) is 8.55. The molecule has 2 unspecified atom stereocenters. The van der Waals surface area contributed by atoms with Crippen molar-refractivity contribution < 1.29 is 18.0 Å². The molecule has 0 aliphatic carbocycles. The number of nitrogens with zero attached hydrogens (tertiary/aromatic N) is 1. The smallest absolute Gasteiger partial charge is 0.336 e. The summed E-state index contributed by atoms with van der Waals surface area (Å²) in [6.07, 6.45) is -3.65. The number of halogens is 3. The SMILES string of the molecule is C=CC(=O)N1CC(C)CC1CC(F)(F)F. The van der Waals surface area contributed by atoms with Crippen molar-refractivity contribution in [1.29, 1.82) is 0 Å². The fourth-order valence-corrected chi connectivity index (χ4v) is 2.00. The van der Waals surface area contributed by atoms with E-state index in [1.165, 1.54) is 4.90 Å². The normalized spacial score (nSPS) is 26.8. The summed E-state index contributed by atoms with van der Waals surface area (Å²) in [7, 11) is 0. The summed E-state index contributed by atoms with van der Waals surface area (Å²) in [6, 6.07) is -0.717. The molecule has 1 fully saturated rings. The molecule has 15 heavy (non-hydrogen) atoms. The summed E-state index contributed by atoms with van der Waals surface area (Å²) >= 11 is 0. The largest absolute Gasteiger partial charge is 0.391 e. The molecule has 1 aliphatic heterocycles. The maximum absolute atomic E-state index is 12.2. The van der Waals surface area contributed by atoms with E-state index in [0.717, 1.165) is 6.08 Å². The molecule has 2 nitrogen and oxygen atoms in total. The number of hydrogen-bond acceptors (Lipinski definition) is 1. The van der Waals surface area contributed by atoms with Crippen molar-refractivity contribution in [3.63, 3.8) is 0 Å². The first-order valence-electron chi connectivity index (χ1n) is 4.83. The lowest BCUT2D eigenvalue weighted by molar-refractivity contribution is -0.149. The lowest BCUT2D eigenvalue weighted by Gasteiger charge is -2.24. The van der Waals surface area contributed by atoms with Gasteiger partial charge in [0, 0.05) is 12.6 Å². The minimum absolute atomic E-state index is 0.126. The van der Waals surface area contributed by atoms with E-state index in [0.29, 0.717) is 13.0 Å². The Bertz CT molecular complexity index is 262. The standard InChI is InChI=1S/C10H14F3NO/c1-3-9(15)14-6-7(2)4-8(14)5-10(11,12)13/h3,7-8H,1,4-6H2,2H3. The highest BCUT2D eigenvalue weighted by atomic mass is 19.4. The van der Waals surface area contributed by atoms with E-state index in [9.17, 15) is 18.0 Å². The van der Waals surface area contributed by atoms with E-state index >= 15 is 0 Å². The second-order valence-corrected chi connectivity index (χ2v) is 4.01. The topological polar surface area (TPSA) is 20.3 Å². The molecule has 0 spiro atoms. The summed E-state index contributed by atoms with van der Waals surface area (Å²) in [4.78, 5) is 12.6. The number of hydrogen-bond donors (Lipinski definition) is 0. The van der Waals surface area contributed by atoms with Crippen LogP contribution in [0.15, 0.2) is 12.7 Å². The molecule has 1 heterocycles. The van der Waals surface area contributed by atoms with Crippen molar-refractivity contribution in [1.82, 2.24) is 4.90 Å². The van der Waals surface area contributed by atoms with Crippen molar-refractivity contribution in [2.75, 3.05) is 6.54 Å². The molecule has 86 valence electrons. The Kier molecular flexibility index (Phi) is 3.42. The van der Waals surface area contributed by atoms with Crippen LogP contribution in [0.5, 0.6) is 0 Å². The minimum atomic E-state index is -4.21. The lowest BCUT2D eigenvalue weighted by atomic mass is 10.1. The number of amides is 1. The van der Waals surface area contributed by atoms with Gasteiger partial charge in [-0.3, -0.25) is 4.79 Å². The predicted octanol–water partition coefficient (Wildman–Crippen LogP) is 2.36. The Labute approximate surface area is 86.7 Å². The number of likely N-dealkylation sites (tertiary alicyclic amines) is 1. The maximum atomic E-state index is 12.2. The van der Waals surface area contributed by atoms with Gasteiger partial charge in [0.05, 0.1) is 6.42 Å². The highest BCUT2D eigenvalue weighted by Gasteiger charge is 2.40. The summed E-state index contributed by atoms with van der Waals surface area (Å²) < 4.78 is 36.6. The summed E-state index contributed by atoms with van der Waals surface area (Å²) in [5.74, 6) is -0.283. The molecule has 1 rings (SSSR count). The number of carbonyl (C=O) groups excluding carboxylic acids is 1. The summed E-state index contributed by atoms with van der Waals surface area (Å²) in [5.41, 5.74) is 0. The Morgan fingerprint density at radius 1 is 1.60 bits per heavy atom. The van der Waals surface area contributed by atoms with Gasteiger partial charge in [0.2, 0.25) is 5.91 Å². The molecule has 0 aromatic carbocycles. The van der Waals surface area contributed by atoms with Crippen molar-refractivity contribution in [3.8, 4) is 0 Å². The molecular weight excluding hydrogens is 207 g/mol. The van der Waals surface area contributed by atoms with Crippen LogP contribution in [0.3, 0.4) is 0 Å². The molecule has 1 saturated heterocycles. The van der Waals surface area contributed by atoms with E-state index in [4.69, 9.17) is 0 Å². The first kappa shape index (κ1) is 12.1. The van der Waals surface area contributed by atoms with Crippen LogP contribution >= 0.6 is 0 Å². The van der Waals surface area contributed by atoms with Crippen LogP contribution in [0.2, 0.25) is 0 Å². The van der Waals surface area contributed by atoms with E-state index in [1.807, 2.05) is 6.92 Å². The van der Waals surface area contributed by atoms with Crippen LogP contribution in [0.25, 0.3) is 0 Å². The maximum Gasteiger partial charge on any atom is 0.391 e. The summed E-state index contributed by atoms with van der Waals surface area (Å²) in [5, 5.41) is 0. The van der Waals surface area contributed by atoms with E-state index < -0.39 is 24.5 Å². The predicted molar refractivity (Wildman–Crippen MR) is 50.2 cm³/mol. The van der Waals surface area contributed by atoms with Gasteiger partial charge in [0.1, 0.15) is 0 Å². The summed E-state index contributed by atoms with van der Waals surface area (Å²) in [6.45, 7) is 5.53. The molecule has 0 radical (unpaired) electrons. The number of carbonyl (C=O) groups is 1. The molecule has 0 bridgehead atoms. The quantitative estimate of drug-likeness (QED) is 0.655. The van der Waals surface area contributed by atoms with E-state index in [-0.39, 0.29) is 5.92 Å². The van der Waals surface area contributed by atoms with E-state index in [2.05, 4.69) is 6.58 Å². The van der Waals surface area contributed by atoms with Gasteiger partial charge in [-0.15, -0.1) is 0 Å². The third-order valence-electron chi connectivity index (χ3n) is 2.55. The van der Waals surface area contributed by atoms with Crippen molar-refractivity contribution in [2.45, 2.75) is 32.0 Å². The molecule has 5 heteroatoms.